The molecule has 12 heteroatoms. The number of alkyl halides is 5. The maximum Gasteiger partial charge on any atom is 0.431 e. The second kappa shape index (κ2) is 8.23. The Hall–Kier alpha value is -3.47. The highest BCUT2D eigenvalue weighted by Gasteiger charge is 2.45. The van der Waals surface area contributed by atoms with E-state index in [9.17, 15) is 26.7 Å². The van der Waals surface area contributed by atoms with Gasteiger partial charge in [0.15, 0.2) is 5.78 Å². The van der Waals surface area contributed by atoms with Gasteiger partial charge in [-0.3, -0.25) is 4.79 Å². The lowest BCUT2D eigenvalue weighted by Crippen LogP contribution is -2.35. The Morgan fingerprint density at radius 1 is 1.09 bits per heavy atom. The number of ether oxygens (including phenoxy) is 1. The largest absolute Gasteiger partial charge is 0.435 e. The van der Waals surface area contributed by atoms with E-state index in [1.165, 1.54) is 24.3 Å². The molecule has 1 unspecified atom stereocenters. The number of rotatable bonds is 5. The molecule has 0 aliphatic carbocycles. The topological polar surface area (TPSA) is 69.0 Å². The quantitative estimate of drug-likeness (QED) is 0.407. The molecule has 2 heterocycles. The first kappa shape index (κ1) is 21.8. The van der Waals surface area contributed by atoms with E-state index in [0.717, 1.165) is 35.3 Å². The summed E-state index contributed by atoms with van der Waals surface area (Å²) >= 11 is 5.91. The molecular weight excluding hydrogens is 459 g/mol. The summed E-state index contributed by atoms with van der Waals surface area (Å²) in [5, 5.41) is 6.47. The van der Waals surface area contributed by atoms with Crippen LogP contribution in [0.1, 0.15) is 22.0 Å². The molecule has 1 atom stereocenters. The number of nitrogens with one attached hydrogen (secondary N) is 1. The molecule has 1 N–H and O–H groups in total. The average molecular weight is 471 g/mol. The predicted octanol–water partition coefficient (Wildman–Crippen LogP) is 5.25. The molecule has 0 saturated carbocycles. The van der Waals surface area contributed by atoms with Gasteiger partial charge in [0.1, 0.15) is 23.8 Å². The third kappa shape index (κ3) is 4.15. The van der Waals surface area contributed by atoms with Crippen LogP contribution in [0.15, 0.2) is 66.1 Å². The van der Waals surface area contributed by atoms with Crippen molar-refractivity contribution in [2.45, 2.75) is 18.8 Å². The fourth-order valence-electron chi connectivity index (χ4n) is 3.32. The molecule has 1 aliphatic rings. The number of allylic oxidation sites excluding steroid dienone is 2. The van der Waals surface area contributed by atoms with Crippen molar-refractivity contribution in [1.29, 1.82) is 0 Å². The van der Waals surface area contributed by atoms with E-state index in [4.69, 9.17) is 11.6 Å². The molecule has 3 aromatic rings. The highest BCUT2D eigenvalue weighted by molar-refractivity contribution is 6.30. The zero-order chi connectivity index (χ0) is 23.0. The van der Waals surface area contributed by atoms with Crippen molar-refractivity contribution in [3.63, 3.8) is 0 Å². The van der Waals surface area contributed by atoms with E-state index in [-0.39, 0.29) is 17.3 Å². The summed E-state index contributed by atoms with van der Waals surface area (Å²) in [5.74, 6) is -1.42. The van der Waals surface area contributed by atoms with Crippen molar-refractivity contribution < 1.29 is 31.5 Å². The molecule has 0 spiro atoms. The molecule has 1 aliphatic heterocycles. The van der Waals surface area contributed by atoms with Crippen molar-refractivity contribution in [2.75, 3.05) is 5.32 Å². The number of carbonyl (C=O) groups excluding carboxylic acids is 1. The van der Waals surface area contributed by atoms with Gasteiger partial charge in [0, 0.05) is 10.6 Å². The number of carbonyl (C=O) groups is 1. The fraction of sp³-hybridized carbons (Fsp3) is 0.150. The van der Waals surface area contributed by atoms with Crippen molar-refractivity contribution in [1.82, 2.24) is 14.8 Å². The van der Waals surface area contributed by atoms with Gasteiger partial charge < -0.3 is 10.1 Å². The Labute approximate surface area is 182 Å². The van der Waals surface area contributed by atoms with Crippen LogP contribution in [0, 0.1) is 0 Å². The van der Waals surface area contributed by atoms with E-state index in [2.05, 4.69) is 20.1 Å². The van der Waals surface area contributed by atoms with Crippen molar-refractivity contribution in [2.24, 2.45) is 0 Å². The number of fused-ring (bicyclic) bond motifs is 1. The number of nitrogens with zero attached hydrogens (tertiary/aromatic N) is 3. The zero-order valence-electron chi connectivity index (χ0n) is 15.8. The lowest BCUT2D eigenvalue weighted by molar-refractivity contribution is -0.0918. The van der Waals surface area contributed by atoms with Crippen LogP contribution >= 0.6 is 11.6 Å². The van der Waals surface area contributed by atoms with Gasteiger partial charge in [0.2, 0.25) is 5.95 Å². The molecule has 0 fully saturated rings. The normalized spacial score (nSPS) is 16.0. The van der Waals surface area contributed by atoms with Crippen molar-refractivity contribution in [3.8, 4) is 5.75 Å². The summed E-state index contributed by atoms with van der Waals surface area (Å²) in [6, 6.07) is 8.99. The minimum Gasteiger partial charge on any atom is -0.435 e. The highest BCUT2D eigenvalue weighted by atomic mass is 35.5. The lowest BCUT2D eigenvalue weighted by Gasteiger charge is -2.30. The van der Waals surface area contributed by atoms with E-state index in [1.807, 2.05) is 0 Å². The van der Waals surface area contributed by atoms with Crippen LogP contribution in [-0.2, 0) is 0 Å². The number of anilines is 1. The number of halogens is 6. The second-order valence-electron chi connectivity index (χ2n) is 6.63. The van der Waals surface area contributed by atoms with Crippen LogP contribution in [0.25, 0.3) is 0 Å². The first-order valence-electron chi connectivity index (χ1n) is 8.98. The summed E-state index contributed by atoms with van der Waals surface area (Å²) in [6.45, 7) is -3.08. The summed E-state index contributed by atoms with van der Waals surface area (Å²) in [4.78, 5) is 17.1. The Bertz CT molecular complexity index is 1170. The minimum atomic E-state index is -4.93. The number of hydrogen-bond acceptors (Lipinski definition) is 5. The van der Waals surface area contributed by atoms with E-state index in [0.29, 0.717) is 10.6 Å². The van der Waals surface area contributed by atoms with Crippen LogP contribution in [0.2, 0.25) is 5.02 Å². The van der Waals surface area contributed by atoms with Crippen LogP contribution in [-0.4, -0.2) is 33.3 Å². The first-order chi connectivity index (χ1) is 15.1. The monoisotopic (exact) mass is 470 g/mol. The number of aromatic nitrogens is 3. The molecule has 4 rings (SSSR count). The van der Waals surface area contributed by atoms with Gasteiger partial charge in [-0.25, -0.2) is 4.68 Å². The van der Waals surface area contributed by atoms with E-state index >= 15 is 0 Å². The zero-order valence-corrected chi connectivity index (χ0v) is 16.5. The second-order valence-corrected chi connectivity index (χ2v) is 7.06. The maximum atomic E-state index is 14.0. The van der Waals surface area contributed by atoms with Gasteiger partial charge in [-0.05, 0) is 42.0 Å². The first-order valence-corrected chi connectivity index (χ1v) is 9.36. The van der Waals surface area contributed by atoms with Gasteiger partial charge in [-0.1, -0.05) is 23.7 Å². The number of Topliss-reactive ketones (excluding diaryl/α,β-unsaturated/α-hetero) is 1. The summed E-state index contributed by atoms with van der Waals surface area (Å²) in [5.41, 5.74) is -1.78. The summed E-state index contributed by atoms with van der Waals surface area (Å²) in [6.07, 6.45) is -3.87. The van der Waals surface area contributed by atoms with Crippen molar-refractivity contribution >= 4 is 23.3 Å². The molecule has 32 heavy (non-hydrogen) atoms. The smallest absolute Gasteiger partial charge is 0.431 e. The molecule has 2 aromatic carbocycles. The molecular formula is C20H12ClF5N4O2. The van der Waals surface area contributed by atoms with Gasteiger partial charge >= 0.3 is 12.8 Å². The van der Waals surface area contributed by atoms with Crippen molar-refractivity contribution in [3.05, 3.63) is 82.3 Å². The molecule has 0 bridgehead atoms. The standard InChI is InChI=1S/C20H12ClF5N4O2/c21-12-5-1-10(2-6-12)15-14(16(31)11-3-7-13(8-4-11)32-18(22)23)17(20(24,25)26)29-19-27-9-28-30(15)19/h1-9,15,18H,(H,27,28,29). The third-order valence-corrected chi connectivity index (χ3v) is 4.90. The molecule has 166 valence electrons. The summed E-state index contributed by atoms with van der Waals surface area (Å²) < 4.78 is 72.0. The number of benzene rings is 2. The van der Waals surface area contributed by atoms with E-state index < -0.39 is 35.9 Å². The molecule has 1 aromatic heterocycles. The fourth-order valence-corrected chi connectivity index (χ4v) is 3.45. The Morgan fingerprint density at radius 2 is 1.75 bits per heavy atom. The predicted molar refractivity (Wildman–Crippen MR) is 104 cm³/mol. The Morgan fingerprint density at radius 3 is 2.34 bits per heavy atom. The molecule has 0 amide bonds. The number of ketones is 1. The molecule has 0 radical (unpaired) electrons. The Kier molecular flexibility index (Phi) is 5.59. The Balaban J connectivity index is 1.86. The van der Waals surface area contributed by atoms with Crippen LogP contribution in [0.3, 0.4) is 0 Å². The lowest BCUT2D eigenvalue weighted by atomic mass is 9.89. The SMILES string of the molecule is O=C(C1=C(C(F)(F)F)Nc2ncnn2C1c1ccc(Cl)cc1)c1ccc(OC(F)F)cc1. The van der Waals surface area contributed by atoms with Crippen LogP contribution in [0.5, 0.6) is 5.75 Å². The van der Waals surface area contributed by atoms with Gasteiger partial charge in [0.25, 0.3) is 0 Å². The third-order valence-electron chi connectivity index (χ3n) is 4.65. The minimum absolute atomic E-state index is 0.160. The summed E-state index contributed by atoms with van der Waals surface area (Å²) in [7, 11) is 0. The average Bonchev–Trinajstić information content (AvgIpc) is 3.21. The number of hydrogen-bond donors (Lipinski definition) is 1. The van der Waals surface area contributed by atoms with E-state index in [1.54, 1.807) is 0 Å². The van der Waals surface area contributed by atoms with Gasteiger partial charge in [0.05, 0.1) is 5.57 Å². The van der Waals surface area contributed by atoms with Crippen LogP contribution < -0.4 is 10.1 Å². The molecule has 0 saturated heterocycles. The maximum absolute atomic E-state index is 14.0. The van der Waals surface area contributed by atoms with Crippen LogP contribution in [0.4, 0.5) is 27.9 Å². The van der Waals surface area contributed by atoms with Gasteiger partial charge in [-0.2, -0.15) is 32.0 Å². The van der Waals surface area contributed by atoms with Gasteiger partial charge in [-0.15, -0.1) is 0 Å². The highest BCUT2D eigenvalue weighted by Crippen LogP contribution is 2.42. The molecule has 6 nitrogen and oxygen atoms in total.